The van der Waals surface area contributed by atoms with Gasteiger partial charge in [0.05, 0.1) is 7.11 Å². The number of ether oxygens (including phenoxy) is 1. The van der Waals surface area contributed by atoms with Crippen LogP contribution in [0.5, 0.6) is 5.75 Å². The summed E-state index contributed by atoms with van der Waals surface area (Å²) in [6, 6.07) is 6.01. The third-order valence-corrected chi connectivity index (χ3v) is 3.10. The fraction of sp³-hybridized carbons (Fsp3) is 0.385. The van der Waals surface area contributed by atoms with Gasteiger partial charge in [-0.2, -0.15) is 0 Å². The summed E-state index contributed by atoms with van der Waals surface area (Å²) in [5.41, 5.74) is 0.541. The molecule has 0 aliphatic rings. The minimum absolute atomic E-state index is 0.0928. The van der Waals surface area contributed by atoms with E-state index in [9.17, 15) is 14.7 Å². The molecule has 4 nitrogen and oxygen atoms in total. The number of hydrogen-bond acceptors (Lipinski definition) is 4. The van der Waals surface area contributed by atoms with Gasteiger partial charge in [-0.15, -0.1) is 0 Å². The molecule has 1 aromatic carbocycles. The lowest BCUT2D eigenvalue weighted by atomic mass is 9.92. The standard InChI is InChI=1S/C13H15BrO4/c1-18-13(17)12(11(16)3-2-8-14)9-4-6-10(15)7-5-9/h4-7,12,15H,2-3,8H2,1H3. The first kappa shape index (κ1) is 14.7. The van der Waals surface area contributed by atoms with Crippen LogP contribution < -0.4 is 0 Å². The molecule has 5 heteroatoms. The van der Waals surface area contributed by atoms with E-state index < -0.39 is 11.9 Å². The molecule has 0 aliphatic carbocycles. The zero-order chi connectivity index (χ0) is 13.5. The van der Waals surface area contributed by atoms with Crippen molar-refractivity contribution in [2.75, 3.05) is 12.4 Å². The van der Waals surface area contributed by atoms with Crippen molar-refractivity contribution in [3.8, 4) is 5.75 Å². The summed E-state index contributed by atoms with van der Waals surface area (Å²) in [6.45, 7) is 0. The summed E-state index contributed by atoms with van der Waals surface area (Å²) in [5.74, 6) is -1.56. The fourth-order valence-electron chi connectivity index (χ4n) is 1.62. The van der Waals surface area contributed by atoms with Crippen LogP contribution in [0.3, 0.4) is 0 Å². The highest BCUT2D eigenvalue weighted by atomic mass is 79.9. The van der Waals surface area contributed by atoms with Crippen LogP contribution in [0, 0.1) is 0 Å². The van der Waals surface area contributed by atoms with Gasteiger partial charge in [0, 0.05) is 11.8 Å². The molecule has 98 valence electrons. The molecule has 0 amide bonds. The molecule has 0 bridgehead atoms. The average Bonchev–Trinajstić information content (AvgIpc) is 2.38. The number of methoxy groups -OCH3 is 1. The number of carbonyl (C=O) groups is 2. The number of aromatic hydroxyl groups is 1. The topological polar surface area (TPSA) is 63.6 Å². The lowest BCUT2D eigenvalue weighted by Gasteiger charge is -2.13. The molecule has 18 heavy (non-hydrogen) atoms. The Hall–Kier alpha value is -1.36. The Morgan fingerprint density at radius 3 is 2.44 bits per heavy atom. The number of phenols is 1. The van der Waals surface area contributed by atoms with Gasteiger partial charge in [0.2, 0.25) is 0 Å². The van der Waals surface area contributed by atoms with E-state index in [1.165, 1.54) is 19.2 Å². The maximum Gasteiger partial charge on any atom is 0.320 e. The Labute approximate surface area is 114 Å². The van der Waals surface area contributed by atoms with Crippen LogP contribution >= 0.6 is 15.9 Å². The molecular formula is C13H15BrO4. The predicted molar refractivity (Wildman–Crippen MR) is 70.9 cm³/mol. The quantitative estimate of drug-likeness (QED) is 0.497. The van der Waals surface area contributed by atoms with E-state index in [4.69, 9.17) is 0 Å². The summed E-state index contributed by atoms with van der Waals surface area (Å²) in [7, 11) is 1.26. The minimum atomic E-state index is -0.908. The maximum absolute atomic E-state index is 12.0. The van der Waals surface area contributed by atoms with Crippen molar-refractivity contribution in [1.82, 2.24) is 0 Å². The molecule has 0 aliphatic heterocycles. The van der Waals surface area contributed by atoms with Crippen LogP contribution in [0.1, 0.15) is 24.3 Å². The summed E-state index contributed by atoms with van der Waals surface area (Å²) >= 11 is 3.25. The number of carbonyl (C=O) groups excluding carboxylic acids is 2. The highest BCUT2D eigenvalue weighted by molar-refractivity contribution is 9.09. The monoisotopic (exact) mass is 314 g/mol. The Kier molecular flexibility index (Phi) is 5.85. The van der Waals surface area contributed by atoms with Crippen molar-refractivity contribution in [1.29, 1.82) is 0 Å². The smallest absolute Gasteiger partial charge is 0.320 e. The van der Waals surface area contributed by atoms with Crippen molar-refractivity contribution >= 4 is 27.7 Å². The number of Topliss-reactive ketones (excluding diaryl/α,β-unsaturated/α-hetero) is 1. The molecule has 0 radical (unpaired) electrons. The Bertz CT molecular complexity index is 414. The number of ketones is 1. The van der Waals surface area contributed by atoms with Gasteiger partial charge in [0.15, 0.2) is 5.78 Å². The first-order chi connectivity index (χ1) is 8.60. The van der Waals surface area contributed by atoms with Gasteiger partial charge >= 0.3 is 5.97 Å². The first-order valence-electron chi connectivity index (χ1n) is 5.55. The zero-order valence-electron chi connectivity index (χ0n) is 10.1. The zero-order valence-corrected chi connectivity index (χ0v) is 11.6. The van der Waals surface area contributed by atoms with Gasteiger partial charge in [0.1, 0.15) is 11.7 Å². The first-order valence-corrected chi connectivity index (χ1v) is 6.67. The SMILES string of the molecule is COC(=O)C(C(=O)CCCBr)c1ccc(O)cc1. The van der Waals surface area contributed by atoms with Gasteiger partial charge in [-0.1, -0.05) is 28.1 Å². The van der Waals surface area contributed by atoms with Crippen molar-refractivity contribution in [2.45, 2.75) is 18.8 Å². The summed E-state index contributed by atoms with van der Waals surface area (Å²) in [6.07, 6.45) is 0.982. The van der Waals surface area contributed by atoms with E-state index >= 15 is 0 Å². The third-order valence-electron chi connectivity index (χ3n) is 2.54. The largest absolute Gasteiger partial charge is 0.508 e. The molecule has 0 heterocycles. The van der Waals surface area contributed by atoms with E-state index in [-0.39, 0.29) is 11.5 Å². The molecular weight excluding hydrogens is 300 g/mol. The van der Waals surface area contributed by atoms with Gasteiger partial charge in [-0.25, -0.2) is 0 Å². The molecule has 0 spiro atoms. The second-order valence-electron chi connectivity index (χ2n) is 3.81. The summed E-state index contributed by atoms with van der Waals surface area (Å²) in [4.78, 5) is 23.7. The number of esters is 1. The van der Waals surface area contributed by atoms with Crippen molar-refractivity contribution < 1.29 is 19.4 Å². The predicted octanol–water partition coefficient (Wildman–Crippen LogP) is 2.39. The lowest BCUT2D eigenvalue weighted by molar-refractivity contribution is -0.145. The van der Waals surface area contributed by atoms with Crippen LogP contribution in [-0.4, -0.2) is 29.3 Å². The molecule has 0 saturated carbocycles. The Morgan fingerprint density at radius 2 is 1.94 bits per heavy atom. The van der Waals surface area contributed by atoms with E-state index in [2.05, 4.69) is 20.7 Å². The molecule has 0 aromatic heterocycles. The number of halogens is 1. The van der Waals surface area contributed by atoms with Crippen molar-refractivity contribution in [2.24, 2.45) is 0 Å². The molecule has 1 N–H and O–H groups in total. The van der Waals surface area contributed by atoms with Crippen LogP contribution in [0.4, 0.5) is 0 Å². The number of phenolic OH excluding ortho intramolecular Hbond substituents is 1. The van der Waals surface area contributed by atoms with Crippen LogP contribution in [0.15, 0.2) is 24.3 Å². The maximum atomic E-state index is 12.0. The lowest BCUT2D eigenvalue weighted by Crippen LogP contribution is -2.23. The van der Waals surface area contributed by atoms with Crippen LogP contribution in [-0.2, 0) is 14.3 Å². The van der Waals surface area contributed by atoms with Crippen molar-refractivity contribution in [3.63, 3.8) is 0 Å². The number of alkyl halides is 1. The fourth-order valence-corrected chi connectivity index (χ4v) is 1.90. The Balaban J connectivity index is 2.94. The van der Waals surface area contributed by atoms with Gasteiger partial charge < -0.3 is 9.84 Å². The van der Waals surface area contributed by atoms with Gasteiger partial charge in [-0.05, 0) is 24.1 Å². The normalized spacial score (nSPS) is 11.9. The summed E-state index contributed by atoms with van der Waals surface area (Å²) in [5, 5.41) is 9.92. The molecule has 0 fully saturated rings. The minimum Gasteiger partial charge on any atom is -0.508 e. The number of benzene rings is 1. The molecule has 1 atom stereocenters. The van der Waals surface area contributed by atoms with E-state index in [1.807, 2.05) is 0 Å². The van der Waals surface area contributed by atoms with Gasteiger partial charge in [-0.3, -0.25) is 9.59 Å². The highest BCUT2D eigenvalue weighted by Crippen LogP contribution is 2.23. The van der Waals surface area contributed by atoms with Gasteiger partial charge in [0.25, 0.3) is 0 Å². The second kappa shape index (κ2) is 7.16. The average molecular weight is 315 g/mol. The van der Waals surface area contributed by atoms with E-state index in [0.29, 0.717) is 23.7 Å². The number of hydrogen-bond donors (Lipinski definition) is 1. The summed E-state index contributed by atoms with van der Waals surface area (Å²) < 4.78 is 4.66. The molecule has 0 saturated heterocycles. The van der Waals surface area contributed by atoms with E-state index in [1.54, 1.807) is 12.1 Å². The van der Waals surface area contributed by atoms with E-state index in [0.717, 1.165) is 0 Å². The van der Waals surface area contributed by atoms with Crippen LogP contribution in [0.2, 0.25) is 0 Å². The Morgan fingerprint density at radius 1 is 1.33 bits per heavy atom. The van der Waals surface area contributed by atoms with Crippen LogP contribution in [0.25, 0.3) is 0 Å². The number of rotatable bonds is 6. The highest BCUT2D eigenvalue weighted by Gasteiger charge is 2.28. The molecule has 1 unspecified atom stereocenters. The third kappa shape index (κ3) is 3.84. The van der Waals surface area contributed by atoms with Crippen molar-refractivity contribution in [3.05, 3.63) is 29.8 Å². The molecule has 1 rings (SSSR count). The second-order valence-corrected chi connectivity index (χ2v) is 4.60. The molecule has 1 aromatic rings.